The Morgan fingerprint density at radius 3 is 2.54 bits per heavy atom. The lowest BCUT2D eigenvalue weighted by Crippen LogP contribution is -2.12. The Morgan fingerprint density at radius 2 is 1.71 bits per heavy atom. The molecule has 0 fully saturated rings. The molecule has 28 heavy (non-hydrogen) atoms. The van der Waals surface area contributed by atoms with Gasteiger partial charge in [0.05, 0.1) is 11.1 Å². The molecule has 2 aromatic heterocycles. The second-order valence-corrected chi connectivity index (χ2v) is 7.11. The summed E-state index contributed by atoms with van der Waals surface area (Å²) >= 11 is 0. The van der Waals surface area contributed by atoms with Crippen molar-refractivity contribution in [3.8, 4) is 12.1 Å². The lowest BCUT2D eigenvalue weighted by atomic mass is 9.91. The number of nitrogens with zero attached hydrogens (tertiary/aromatic N) is 4. The van der Waals surface area contributed by atoms with Gasteiger partial charge in [-0.2, -0.15) is 10.5 Å². The van der Waals surface area contributed by atoms with Crippen molar-refractivity contribution in [2.75, 3.05) is 5.32 Å². The van der Waals surface area contributed by atoms with Crippen LogP contribution in [0.1, 0.15) is 53.6 Å². The fourth-order valence-electron chi connectivity index (χ4n) is 3.94. The second-order valence-electron chi connectivity index (χ2n) is 7.11. The number of hydrogen-bond acceptors (Lipinski definition) is 5. The van der Waals surface area contributed by atoms with E-state index in [2.05, 4.69) is 22.4 Å². The molecular weight excluding hydrogens is 346 g/mol. The largest absolute Gasteiger partial charge is 0.365 e. The van der Waals surface area contributed by atoms with E-state index in [1.54, 1.807) is 6.20 Å². The smallest absolute Gasteiger partial charge is 0.145 e. The zero-order chi connectivity index (χ0) is 19.3. The number of rotatable bonds is 3. The van der Waals surface area contributed by atoms with Crippen molar-refractivity contribution in [2.45, 2.75) is 45.1 Å². The van der Waals surface area contributed by atoms with Crippen LogP contribution in [0.25, 0.3) is 10.9 Å². The molecule has 0 atom stereocenters. The van der Waals surface area contributed by atoms with E-state index in [4.69, 9.17) is 4.98 Å². The van der Waals surface area contributed by atoms with Gasteiger partial charge in [0, 0.05) is 23.8 Å². The van der Waals surface area contributed by atoms with Crippen LogP contribution in [0.15, 0.2) is 36.5 Å². The summed E-state index contributed by atoms with van der Waals surface area (Å²) in [5, 5.41) is 23.9. The number of aryl methyl sites for hydroxylation is 1. The molecule has 0 saturated carbocycles. The number of aromatic nitrogens is 2. The van der Waals surface area contributed by atoms with E-state index in [0.29, 0.717) is 23.5 Å². The predicted molar refractivity (Wildman–Crippen MR) is 109 cm³/mol. The summed E-state index contributed by atoms with van der Waals surface area (Å²) in [5.41, 5.74) is 4.82. The molecule has 0 bridgehead atoms. The fraction of sp³-hybridized carbons (Fsp3) is 0.304. The summed E-state index contributed by atoms with van der Waals surface area (Å²) in [5.74, 6) is 0.513. The third-order valence-corrected chi connectivity index (χ3v) is 5.38. The van der Waals surface area contributed by atoms with E-state index in [1.807, 2.05) is 30.3 Å². The maximum absolute atomic E-state index is 9.75. The molecule has 3 aromatic rings. The van der Waals surface area contributed by atoms with Gasteiger partial charge in [-0.25, -0.2) is 4.98 Å². The SMILES string of the molecule is N#Cc1c(NCc2ccnc3ccccc23)nc2c(c1C#N)CCCCCC2. The average molecular weight is 367 g/mol. The van der Waals surface area contributed by atoms with Gasteiger partial charge in [-0.05, 0) is 48.9 Å². The molecule has 0 amide bonds. The van der Waals surface area contributed by atoms with E-state index in [0.717, 1.165) is 53.4 Å². The maximum Gasteiger partial charge on any atom is 0.145 e. The molecule has 0 spiro atoms. The topological polar surface area (TPSA) is 85.4 Å². The Kier molecular flexibility index (Phi) is 5.17. The van der Waals surface area contributed by atoms with Gasteiger partial charge in [0.25, 0.3) is 0 Å². The molecule has 5 heteroatoms. The van der Waals surface area contributed by atoms with Crippen LogP contribution in [0.5, 0.6) is 0 Å². The highest BCUT2D eigenvalue weighted by Crippen LogP contribution is 2.28. The number of anilines is 1. The lowest BCUT2D eigenvalue weighted by molar-refractivity contribution is 0.608. The van der Waals surface area contributed by atoms with Gasteiger partial charge in [-0.1, -0.05) is 31.0 Å². The molecule has 0 saturated heterocycles. The summed E-state index contributed by atoms with van der Waals surface area (Å²) in [6, 6.07) is 14.4. The second kappa shape index (κ2) is 8.06. The minimum Gasteiger partial charge on any atom is -0.365 e. The number of hydrogen-bond donors (Lipinski definition) is 1. The van der Waals surface area contributed by atoms with Crippen LogP contribution in [0, 0.1) is 22.7 Å². The minimum atomic E-state index is 0.361. The molecule has 138 valence electrons. The summed E-state index contributed by atoms with van der Waals surface area (Å²) < 4.78 is 0. The van der Waals surface area contributed by atoms with E-state index >= 15 is 0 Å². The minimum absolute atomic E-state index is 0.361. The fourth-order valence-corrected chi connectivity index (χ4v) is 3.94. The van der Waals surface area contributed by atoms with Gasteiger partial charge in [-0.3, -0.25) is 4.98 Å². The van der Waals surface area contributed by atoms with Gasteiger partial charge in [0.15, 0.2) is 0 Å². The van der Waals surface area contributed by atoms with Crippen LogP contribution in [0.3, 0.4) is 0 Å². The van der Waals surface area contributed by atoms with Gasteiger partial charge in [0.2, 0.25) is 0 Å². The normalized spacial score (nSPS) is 13.6. The summed E-state index contributed by atoms with van der Waals surface area (Å²) in [6.45, 7) is 0.522. The van der Waals surface area contributed by atoms with Crippen LogP contribution in [0.4, 0.5) is 5.82 Å². The molecule has 1 aliphatic carbocycles. The van der Waals surface area contributed by atoms with Crippen molar-refractivity contribution in [3.63, 3.8) is 0 Å². The monoisotopic (exact) mass is 367 g/mol. The number of pyridine rings is 2. The van der Waals surface area contributed by atoms with Gasteiger partial charge in [-0.15, -0.1) is 0 Å². The Hall–Kier alpha value is -3.44. The van der Waals surface area contributed by atoms with Crippen LogP contribution in [-0.2, 0) is 19.4 Å². The molecule has 1 aromatic carbocycles. The van der Waals surface area contributed by atoms with Gasteiger partial charge in [0.1, 0.15) is 23.5 Å². The molecule has 1 aliphatic rings. The van der Waals surface area contributed by atoms with Crippen molar-refractivity contribution < 1.29 is 0 Å². The first kappa shape index (κ1) is 17.9. The quantitative estimate of drug-likeness (QED) is 0.728. The predicted octanol–water partition coefficient (Wildman–Crippen LogP) is 4.64. The molecule has 0 aliphatic heterocycles. The Balaban J connectivity index is 1.72. The van der Waals surface area contributed by atoms with Crippen molar-refractivity contribution >= 4 is 16.7 Å². The van der Waals surface area contributed by atoms with E-state index in [1.165, 1.54) is 12.8 Å². The zero-order valence-electron chi connectivity index (χ0n) is 15.7. The van der Waals surface area contributed by atoms with E-state index in [-0.39, 0.29) is 0 Å². The number of nitriles is 2. The molecule has 4 rings (SSSR count). The Bertz CT molecular complexity index is 1100. The Morgan fingerprint density at radius 1 is 0.929 bits per heavy atom. The number of fused-ring (bicyclic) bond motifs is 2. The highest BCUT2D eigenvalue weighted by Gasteiger charge is 2.20. The average Bonchev–Trinajstić information content (AvgIpc) is 2.72. The molecular formula is C23H21N5. The third kappa shape index (κ3) is 3.40. The summed E-state index contributed by atoms with van der Waals surface area (Å²) in [7, 11) is 0. The van der Waals surface area contributed by atoms with Crippen molar-refractivity contribution in [3.05, 3.63) is 64.5 Å². The molecule has 0 unspecified atom stereocenters. The highest BCUT2D eigenvalue weighted by atomic mass is 15.0. The van der Waals surface area contributed by atoms with E-state index < -0.39 is 0 Å². The number of para-hydroxylation sites is 1. The molecule has 2 heterocycles. The highest BCUT2D eigenvalue weighted by molar-refractivity contribution is 5.82. The Labute approximate surface area is 164 Å². The summed E-state index contributed by atoms with van der Waals surface area (Å²) in [6.07, 6.45) is 7.96. The number of nitrogens with one attached hydrogen (secondary N) is 1. The molecule has 5 nitrogen and oxygen atoms in total. The van der Waals surface area contributed by atoms with Gasteiger partial charge < -0.3 is 5.32 Å². The van der Waals surface area contributed by atoms with Crippen molar-refractivity contribution in [1.82, 2.24) is 9.97 Å². The molecule has 1 N–H and O–H groups in total. The summed E-state index contributed by atoms with van der Waals surface area (Å²) in [4.78, 5) is 9.19. The maximum atomic E-state index is 9.75. The molecule has 0 radical (unpaired) electrons. The zero-order valence-corrected chi connectivity index (χ0v) is 15.7. The van der Waals surface area contributed by atoms with Crippen LogP contribution in [0.2, 0.25) is 0 Å². The van der Waals surface area contributed by atoms with Gasteiger partial charge >= 0.3 is 0 Å². The van der Waals surface area contributed by atoms with Crippen molar-refractivity contribution in [1.29, 1.82) is 10.5 Å². The van der Waals surface area contributed by atoms with Crippen LogP contribution in [-0.4, -0.2) is 9.97 Å². The van der Waals surface area contributed by atoms with Crippen molar-refractivity contribution in [2.24, 2.45) is 0 Å². The lowest BCUT2D eigenvalue weighted by Gasteiger charge is -2.18. The van der Waals surface area contributed by atoms with Crippen LogP contribution < -0.4 is 5.32 Å². The van der Waals surface area contributed by atoms with E-state index in [9.17, 15) is 10.5 Å². The third-order valence-electron chi connectivity index (χ3n) is 5.38. The number of benzene rings is 1. The standard InChI is InChI=1S/C23H21N5/c24-13-19-18-8-3-1-2-4-10-22(18)28-23(20(19)14-25)27-15-16-11-12-26-21-9-6-5-7-17(16)21/h5-7,9,11-12H,1-4,8,10,15H2,(H,27,28). The first-order chi connectivity index (χ1) is 13.8. The first-order valence-corrected chi connectivity index (χ1v) is 9.74. The van der Waals surface area contributed by atoms with Crippen LogP contribution >= 0.6 is 0 Å². The first-order valence-electron chi connectivity index (χ1n) is 9.74.